The Labute approximate surface area is 339 Å². The molecule has 0 aliphatic rings. The summed E-state index contributed by atoms with van der Waals surface area (Å²) < 4.78 is 0. The van der Waals surface area contributed by atoms with Crippen molar-refractivity contribution in [2.24, 2.45) is 0 Å². The number of nitrogens with zero attached hydrogens (tertiary/aromatic N) is 1. The molecular formula is C57H41N. The molecular weight excluding hydrogens is 699 g/mol. The van der Waals surface area contributed by atoms with Gasteiger partial charge in [-0.25, -0.2) is 0 Å². The van der Waals surface area contributed by atoms with Gasteiger partial charge in [0.15, 0.2) is 0 Å². The second kappa shape index (κ2) is 13.5. The van der Waals surface area contributed by atoms with Crippen molar-refractivity contribution < 1.29 is 0 Å². The van der Waals surface area contributed by atoms with E-state index in [9.17, 15) is 0 Å². The molecule has 0 N–H and O–H groups in total. The lowest BCUT2D eigenvalue weighted by atomic mass is 9.84. The molecule has 0 aliphatic carbocycles. The molecule has 1 nitrogen and oxygen atoms in total. The average Bonchev–Trinajstić information content (AvgIpc) is 3.26. The molecule has 274 valence electrons. The molecule has 0 atom stereocenters. The van der Waals surface area contributed by atoms with E-state index in [1.807, 2.05) is 0 Å². The highest BCUT2D eigenvalue weighted by atomic mass is 15.1. The zero-order chi connectivity index (χ0) is 38.9. The molecule has 0 unspecified atom stereocenters. The van der Waals surface area contributed by atoms with Crippen molar-refractivity contribution in [3.8, 4) is 0 Å². The third kappa shape index (κ3) is 5.46. The van der Waals surface area contributed by atoms with Gasteiger partial charge < -0.3 is 4.90 Å². The van der Waals surface area contributed by atoms with E-state index in [2.05, 4.69) is 220 Å². The maximum atomic E-state index is 2.48. The maximum Gasteiger partial charge on any atom is 0.0619 e. The number of fused-ring (bicyclic) bond motifs is 6. The second-order valence-electron chi connectivity index (χ2n) is 15.9. The minimum absolute atomic E-state index is 1.11. The van der Waals surface area contributed by atoms with Crippen molar-refractivity contribution >= 4 is 93.3 Å². The first-order valence-corrected chi connectivity index (χ1v) is 20.3. The van der Waals surface area contributed by atoms with Crippen molar-refractivity contribution in [2.75, 3.05) is 4.90 Å². The van der Waals surface area contributed by atoms with Gasteiger partial charge in [0.2, 0.25) is 0 Å². The monoisotopic (exact) mass is 739 g/mol. The van der Waals surface area contributed by atoms with Crippen LogP contribution in [0.3, 0.4) is 0 Å². The fraction of sp³-hybridized carbons (Fsp3) is 0.0526. The first-order chi connectivity index (χ1) is 28.5. The van der Waals surface area contributed by atoms with Gasteiger partial charge in [-0.05, 0) is 128 Å². The van der Waals surface area contributed by atoms with Gasteiger partial charge in [0.1, 0.15) is 0 Å². The highest BCUT2D eigenvalue weighted by Gasteiger charge is 2.24. The van der Waals surface area contributed by atoms with Crippen LogP contribution in [-0.2, 0) is 0 Å². The predicted molar refractivity (Wildman–Crippen MR) is 251 cm³/mol. The number of hydrogen-bond acceptors (Lipinski definition) is 1. The second-order valence-corrected chi connectivity index (χ2v) is 15.9. The summed E-state index contributed by atoms with van der Waals surface area (Å²) in [5, 5.41) is 15.5. The van der Waals surface area contributed by atoms with Crippen LogP contribution in [-0.4, -0.2) is 0 Å². The lowest BCUT2D eigenvalue weighted by Gasteiger charge is -2.30. The molecule has 0 saturated heterocycles. The van der Waals surface area contributed by atoms with Crippen LogP contribution in [0.5, 0.6) is 0 Å². The molecule has 0 aliphatic heterocycles. The van der Waals surface area contributed by atoms with Crippen LogP contribution in [0, 0.1) is 20.8 Å². The van der Waals surface area contributed by atoms with Crippen molar-refractivity contribution in [3.05, 3.63) is 221 Å². The Balaban J connectivity index is 1.19. The Morgan fingerprint density at radius 3 is 1.47 bits per heavy atom. The third-order valence-electron chi connectivity index (χ3n) is 12.2. The minimum atomic E-state index is 1.11. The van der Waals surface area contributed by atoms with Crippen LogP contribution in [0.25, 0.3) is 76.3 Å². The molecule has 0 saturated carbocycles. The van der Waals surface area contributed by atoms with Crippen LogP contribution in [0.2, 0.25) is 0 Å². The predicted octanol–water partition coefficient (Wildman–Crippen LogP) is 16.0. The molecule has 58 heavy (non-hydrogen) atoms. The van der Waals surface area contributed by atoms with Gasteiger partial charge in [-0.2, -0.15) is 0 Å². The molecule has 0 heterocycles. The fourth-order valence-electron chi connectivity index (χ4n) is 9.32. The van der Waals surface area contributed by atoms with Gasteiger partial charge in [-0.1, -0.05) is 174 Å². The van der Waals surface area contributed by atoms with Crippen molar-refractivity contribution in [2.45, 2.75) is 20.8 Å². The number of benzene rings is 11. The summed E-state index contributed by atoms with van der Waals surface area (Å²) in [6, 6.07) is 69.9. The number of hydrogen-bond donors (Lipinski definition) is 0. The van der Waals surface area contributed by atoms with E-state index in [4.69, 9.17) is 0 Å². The average molecular weight is 740 g/mol. The molecule has 0 bridgehead atoms. The van der Waals surface area contributed by atoms with E-state index < -0.39 is 0 Å². The summed E-state index contributed by atoms with van der Waals surface area (Å²) in [5.41, 5.74) is 12.0. The summed E-state index contributed by atoms with van der Waals surface area (Å²) in [6.45, 7) is 6.45. The molecule has 11 rings (SSSR count). The Hall–Kier alpha value is -7.22. The quantitative estimate of drug-likeness (QED) is 0.0932. The largest absolute Gasteiger partial charge is 0.309 e. The highest BCUT2D eigenvalue weighted by Crippen LogP contribution is 2.52. The molecule has 0 radical (unpaired) electrons. The molecule has 0 amide bonds. The Kier molecular flexibility index (Phi) is 7.91. The van der Waals surface area contributed by atoms with E-state index in [0.29, 0.717) is 0 Å². The van der Waals surface area contributed by atoms with E-state index in [1.54, 1.807) is 0 Å². The van der Waals surface area contributed by atoms with Gasteiger partial charge >= 0.3 is 0 Å². The molecule has 11 aromatic carbocycles. The Morgan fingerprint density at radius 2 is 0.810 bits per heavy atom. The summed E-state index contributed by atoms with van der Waals surface area (Å²) in [6.07, 6.45) is 2.33. The topological polar surface area (TPSA) is 3.24 Å². The normalized spacial score (nSPS) is 11.7. The minimum Gasteiger partial charge on any atom is -0.309 e. The van der Waals surface area contributed by atoms with Crippen molar-refractivity contribution in [1.29, 1.82) is 0 Å². The Bertz CT molecular complexity index is 3320. The van der Waals surface area contributed by atoms with Gasteiger partial charge in [-0.15, -0.1) is 0 Å². The lowest BCUT2D eigenvalue weighted by molar-refractivity contribution is 1.30. The van der Waals surface area contributed by atoms with Gasteiger partial charge in [0, 0.05) is 27.5 Å². The maximum absolute atomic E-state index is 2.48. The molecule has 0 fully saturated rings. The zero-order valence-corrected chi connectivity index (χ0v) is 32.9. The summed E-state index contributed by atoms with van der Waals surface area (Å²) >= 11 is 0. The summed E-state index contributed by atoms with van der Waals surface area (Å²) in [4.78, 5) is 2.48. The fourth-order valence-corrected chi connectivity index (χ4v) is 9.32. The molecule has 0 aromatic heterocycles. The van der Waals surface area contributed by atoms with Gasteiger partial charge in [-0.3, -0.25) is 0 Å². The van der Waals surface area contributed by atoms with Crippen LogP contribution in [0.4, 0.5) is 17.1 Å². The Morgan fingerprint density at radius 1 is 0.362 bits per heavy atom. The first-order valence-electron chi connectivity index (χ1n) is 20.3. The van der Waals surface area contributed by atoms with Gasteiger partial charge in [0.05, 0.1) is 5.69 Å². The third-order valence-corrected chi connectivity index (χ3v) is 12.2. The van der Waals surface area contributed by atoms with E-state index >= 15 is 0 Å². The summed E-state index contributed by atoms with van der Waals surface area (Å²) in [5.74, 6) is 0. The zero-order valence-electron chi connectivity index (χ0n) is 32.9. The number of rotatable bonds is 6. The van der Waals surface area contributed by atoms with Crippen LogP contribution in [0.15, 0.2) is 188 Å². The number of aryl methyl sites for hydroxylation is 3. The number of anilines is 3. The standard InChI is InChI=1S/C57H41N/c1-36-18-26-40(27-19-36)52(41-28-20-37(2)21-29-41)34-39-24-32-45(33-25-39)58(44-30-22-38(3)23-31-44)57-50-14-7-6-13-49(50)56-54-48(16-9-17-51(54)57)47-15-8-11-43-35-42-10-4-5-12-46(42)55(56)53(43)47/h4-35H,1-3H3. The first kappa shape index (κ1) is 34.1. The van der Waals surface area contributed by atoms with Crippen LogP contribution in [0.1, 0.15) is 33.4 Å². The highest BCUT2D eigenvalue weighted by molar-refractivity contribution is 6.44. The van der Waals surface area contributed by atoms with Crippen LogP contribution >= 0.6 is 0 Å². The van der Waals surface area contributed by atoms with Crippen molar-refractivity contribution in [3.63, 3.8) is 0 Å². The molecule has 0 spiro atoms. The lowest BCUT2D eigenvalue weighted by Crippen LogP contribution is -2.11. The summed E-state index contributed by atoms with van der Waals surface area (Å²) in [7, 11) is 0. The van der Waals surface area contributed by atoms with Gasteiger partial charge in [0.25, 0.3) is 0 Å². The molecule has 11 aromatic rings. The van der Waals surface area contributed by atoms with E-state index in [1.165, 1.54) is 104 Å². The van der Waals surface area contributed by atoms with E-state index in [-0.39, 0.29) is 0 Å². The smallest absolute Gasteiger partial charge is 0.0619 e. The molecule has 1 heteroatoms. The van der Waals surface area contributed by atoms with Crippen LogP contribution < -0.4 is 4.90 Å². The van der Waals surface area contributed by atoms with E-state index in [0.717, 1.165) is 16.9 Å². The van der Waals surface area contributed by atoms with Crippen molar-refractivity contribution in [1.82, 2.24) is 0 Å². The SMILES string of the molecule is Cc1ccc(C(=Cc2ccc(N(c3ccc(C)cc3)c3c4ccccc4c4c5c3cccc5c3cccc5cc6ccccc6c4c53)cc2)c2ccc(C)cc2)cc1.